The number of hydrazone groups is 2. The summed E-state index contributed by atoms with van der Waals surface area (Å²) in [4.78, 5) is 21.7. The van der Waals surface area contributed by atoms with Crippen LogP contribution in [0.4, 0.5) is 9.59 Å². The number of carbonyl (C=O) groups is 2. The molecule has 8 nitrogen and oxygen atoms in total. The van der Waals surface area contributed by atoms with E-state index in [2.05, 4.69) is 21.1 Å². The molecule has 4 saturated carbocycles. The smallest absolute Gasteiger partial charge is 0.332 e. The van der Waals surface area contributed by atoms with E-state index in [1.54, 1.807) is 0 Å². The number of hydrogen-bond donors (Lipinski definition) is 4. The van der Waals surface area contributed by atoms with Crippen LogP contribution in [0.15, 0.2) is 10.2 Å². The highest BCUT2D eigenvalue weighted by Gasteiger charge is 2.67. The highest BCUT2D eigenvalue weighted by molar-refractivity contribution is 6.01. The minimum Gasteiger partial charge on any atom is -0.350 e. The molecule has 21 heavy (non-hydrogen) atoms. The first-order chi connectivity index (χ1) is 10.1. The number of hydrogen-bond acceptors (Lipinski definition) is 4. The van der Waals surface area contributed by atoms with Crippen LogP contribution in [0, 0.1) is 35.5 Å². The number of nitrogens with one attached hydrogen (secondary N) is 2. The van der Waals surface area contributed by atoms with E-state index in [-0.39, 0.29) is 0 Å². The molecule has 0 spiro atoms. The molecule has 4 amide bonds. The van der Waals surface area contributed by atoms with Gasteiger partial charge in [0.15, 0.2) is 0 Å². The molecule has 0 aromatic rings. The van der Waals surface area contributed by atoms with Crippen LogP contribution in [0.5, 0.6) is 0 Å². The third-order valence-electron chi connectivity index (χ3n) is 5.78. The van der Waals surface area contributed by atoms with Crippen molar-refractivity contribution in [3.05, 3.63) is 0 Å². The molecule has 4 aliphatic rings. The number of urea groups is 2. The molecule has 112 valence electrons. The topological polar surface area (TPSA) is 135 Å². The molecule has 8 heteroatoms. The van der Waals surface area contributed by atoms with Crippen molar-refractivity contribution in [1.29, 1.82) is 0 Å². The SMILES string of the molecule is NC(=O)N/N=C1/CC2C3C/C(=N/NC(N)=O)C4C3CC2C14. The van der Waals surface area contributed by atoms with Crippen molar-refractivity contribution in [2.24, 2.45) is 57.2 Å². The maximum atomic E-state index is 10.9. The van der Waals surface area contributed by atoms with Crippen molar-refractivity contribution in [2.45, 2.75) is 19.3 Å². The molecule has 0 aromatic carbocycles. The highest BCUT2D eigenvalue weighted by Crippen LogP contribution is 2.68. The second kappa shape index (κ2) is 4.19. The Kier molecular flexibility index (Phi) is 2.51. The molecule has 0 aromatic heterocycles. The molecule has 4 rings (SSSR count). The van der Waals surface area contributed by atoms with E-state index in [9.17, 15) is 9.59 Å². The number of fused-ring (bicyclic) bond motifs is 2. The van der Waals surface area contributed by atoms with Gasteiger partial charge >= 0.3 is 12.1 Å². The molecule has 4 fully saturated rings. The second-order valence-electron chi connectivity index (χ2n) is 6.51. The minimum absolute atomic E-state index is 0.332. The zero-order valence-corrected chi connectivity index (χ0v) is 11.5. The van der Waals surface area contributed by atoms with Crippen molar-refractivity contribution in [1.82, 2.24) is 10.9 Å². The molecule has 0 saturated heterocycles. The summed E-state index contributed by atoms with van der Waals surface area (Å²) in [6.07, 6.45) is 3.10. The fourth-order valence-corrected chi connectivity index (χ4v) is 5.42. The van der Waals surface area contributed by atoms with Crippen molar-refractivity contribution < 1.29 is 9.59 Å². The Hall–Kier alpha value is -2.12. The fourth-order valence-electron chi connectivity index (χ4n) is 5.42. The number of carbonyl (C=O) groups excluding carboxylic acids is 2. The summed E-state index contributed by atoms with van der Waals surface area (Å²) in [5.74, 6) is 3.20. The van der Waals surface area contributed by atoms with Crippen molar-refractivity contribution in [3.8, 4) is 0 Å². The van der Waals surface area contributed by atoms with Crippen LogP contribution in [0.1, 0.15) is 19.3 Å². The van der Waals surface area contributed by atoms with Gasteiger partial charge in [-0.3, -0.25) is 0 Å². The Morgan fingerprint density at radius 2 is 1.29 bits per heavy atom. The molecule has 6 N–H and O–H groups in total. The maximum Gasteiger partial charge on any atom is 0.332 e. The lowest BCUT2D eigenvalue weighted by atomic mass is 9.79. The van der Waals surface area contributed by atoms with Gasteiger partial charge < -0.3 is 11.5 Å². The second-order valence-corrected chi connectivity index (χ2v) is 6.51. The predicted octanol–water partition coefficient (Wildman–Crippen LogP) is -0.0431. The van der Waals surface area contributed by atoms with E-state index in [0.717, 1.165) is 24.3 Å². The van der Waals surface area contributed by atoms with E-state index < -0.39 is 12.1 Å². The summed E-state index contributed by atoms with van der Waals surface area (Å²) in [7, 11) is 0. The minimum atomic E-state index is -0.634. The van der Waals surface area contributed by atoms with Gasteiger partial charge in [-0.25, -0.2) is 20.4 Å². The fraction of sp³-hybridized carbons (Fsp3) is 0.692. The third-order valence-corrected chi connectivity index (χ3v) is 5.78. The van der Waals surface area contributed by atoms with Gasteiger partial charge in [0.05, 0.1) is 0 Å². The lowest BCUT2D eigenvalue weighted by Crippen LogP contribution is -2.32. The van der Waals surface area contributed by atoms with Gasteiger partial charge in [-0.15, -0.1) is 0 Å². The summed E-state index contributed by atoms with van der Waals surface area (Å²) in [6, 6.07) is -1.27. The Morgan fingerprint density at radius 3 is 1.67 bits per heavy atom. The van der Waals surface area contributed by atoms with Gasteiger partial charge in [-0.05, 0) is 42.9 Å². The molecule has 6 atom stereocenters. The van der Waals surface area contributed by atoms with Crippen LogP contribution >= 0.6 is 0 Å². The van der Waals surface area contributed by atoms with Gasteiger partial charge in [-0.1, -0.05) is 0 Å². The average Bonchev–Trinajstić information content (AvgIpc) is 3.03. The monoisotopic (exact) mass is 290 g/mol. The lowest BCUT2D eigenvalue weighted by molar-refractivity contribution is 0.241. The third kappa shape index (κ3) is 1.68. The number of rotatable bonds is 2. The van der Waals surface area contributed by atoms with E-state index in [1.165, 1.54) is 6.42 Å². The van der Waals surface area contributed by atoms with Crippen LogP contribution in [0.25, 0.3) is 0 Å². The average molecular weight is 290 g/mol. The van der Waals surface area contributed by atoms with Gasteiger partial charge in [0, 0.05) is 23.3 Å². The standard InChI is InChI=1S/C13H18N6O2/c14-12(20)18-16-8-2-4-5-3-9(17-19-13(15)21)11-7(5)1-6(4)10(8)11/h4-7,10-11H,1-3H2,(H3,14,18,20)(H3,15,19,21)/b16-8-,17-9-. The summed E-state index contributed by atoms with van der Waals surface area (Å²) >= 11 is 0. The summed E-state index contributed by atoms with van der Waals surface area (Å²) in [5, 5.41) is 8.43. The number of nitrogens with two attached hydrogens (primary N) is 2. The van der Waals surface area contributed by atoms with Crippen LogP contribution in [0.3, 0.4) is 0 Å². The Labute approximate surface area is 121 Å². The van der Waals surface area contributed by atoms with E-state index in [0.29, 0.717) is 35.5 Å². The van der Waals surface area contributed by atoms with Crippen molar-refractivity contribution in [3.63, 3.8) is 0 Å². The summed E-state index contributed by atoms with van der Waals surface area (Å²) in [6.45, 7) is 0. The van der Waals surface area contributed by atoms with Crippen molar-refractivity contribution >= 4 is 23.5 Å². The molecule has 4 aliphatic carbocycles. The van der Waals surface area contributed by atoms with Gasteiger partial charge in [-0.2, -0.15) is 10.2 Å². The van der Waals surface area contributed by atoms with E-state index >= 15 is 0 Å². The first-order valence-electron chi connectivity index (χ1n) is 7.30. The number of nitrogens with zero attached hydrogens (tertiary/aromatic N) is 2. The quantitative estimate of drug-likeness (QED) is 0.531. The molecule has 0 heterocycles. The van der Waals surface area contributed by atoms with Crippen molar-refractivity contribution in [2.75, 3.05) is 0 Å². The largest absolute Gasteiger partial charge is 0.350 e. The van der Waals surface area contributed by atoms with Crippen LogP contribution in [-0.4, -0.2) is 23.5 Å². The van der Waals surface area contributed by atoms with E-state index in [4.69, 9.17) is 11.5 Å². The highest BCUT2D eigenvalue weighted by atomic mass is 16.2. The van der Waals surface area contributed by atoms with Gasteiger partial charge in [0.2, 0.25) is 0 Å². The predicted molar refractivity (Wildman–Crippen MR) is 75.1 cm³/mol. The van der Waals surface area contributed by atoms with Crippen LogP contribution < -0.4 is 22.3 Å². The van der Waals surface area contributed by atoms with Crippen LogP contribution in [0.2, 0.25) is 0 Å². The summed E-state index contributed by atoms with van der Waals surface area (Å²) in [5.41, 5.74) is 17.0. The lowest BCUT2D eigenvalue weighted by Gasteiger charge is -2.24. The Morgan fingerprint density at radius 1 is 0.857 bits per heavy atom. The first-order valence-corrected chi connectivity index (χ1v) is 7.30. The zero-order valence-electron chi connectivity index (χ0n) is 11.5. The number of amides is 4. The zero-order chi connectivity index (χ0) is 14.7. The molecule has 6 unspecified atom stereocenters. The molecule has 2 bridgehead atoms. The first kappa shape index (κ1) is 12.6. The normalized spacial score (nSPS) is 45.5. The van der Waals surface area contributed by atoms with Gasteiger partial charge in [0.25, 0.3) is 0 Å². The maximum absolute atomic E-state index is 10.9. The van der Waals surface area contributed by atoms with Crippen LogP contribution in [-0.2, 0) is 0 Å². The molecular weight excluding hydrogens is 272 g/mol. The molecule has 0 aliphatic heterocycles. The van der Waals surface area contributed by atoms with E-state index in [1.807, 2.05) is 0 Å². The molecular formula is C13H18N6O2. The summed E-state index contributed by atoms with van der Waals surface area (Å²) < 4.78 is 0. The van der Waals surface area contributed by atoms with Gasteiger partial charge in [0.1, 0.15) is 0 Å². The Balaban J connectivity index is 1.63. The number of primary amides is 2. The molecule has 0 radical (unpaired) electrons. The Bertz CT molecular complexity index is 531.